The smallest absolute Gasteiger partial charge is 0.434 e. The summed E-state index contributed by atoms with van der Waals surface area (Å²) in [6.07, 6.45) is -3.92. The zero-order valence-electron chi connectivity index (χ0n) is 12.8. The molecule has 0 fully saturated rings. The lowest BCUT2D eigenvalue weighted by molar-refractivity contribution is -0.143. The van der Waals surface area contributed by atoms with Crippen molar-refractivity contribution in [3.8, 4) is 5.69 Å². The Morgan fingerprint density at radius 1 is 1.17 bits per heavy atom. The van der Waals surface area contributed by atoms with Gasteiger partial charge in [-0.1, -0.05) is 0 Å². The fourth-order valence-electron chi connectivity index (χ4n) is 1.91. The second kappa shape index (κ2) is 5.60. The molecule has 23 heavy (non-hydrogen) atoms. The number of rotatable bonds is 2. The molecule has 0 aliphatic rings. The number of hydrogen-bond donors (Lipinski definition) is 1. The van der Waals surface area contributed by atoms with Crippen LogP contribution in [-0.4, -0.2) is 21.4 Å². The van der Waals surface area contributed by atoms with Gasteiger partial charge in [-0.3, -0.25) is 0 Å². The molecule has 0 saturated heterocycles. The number of halogens is 3. The SMILES string of the molecule is CC(C)(C)OC(=O)c1cnn(-c2ccc(N)cc2)c1C(F)(F)F. The maximum Gasteiger partial charge on any atom is 0.434 e. The number of benzene rings is 1. The molecule has 2 N–H and O–H groups in total. The number of nitrogens with two attached hydrogens (primary N) is 1. The van der Waals surface area contributed by atoms with Crippen molar-refractivity contribution in [2.24, 2.45) is 0 Å². The quantitative estimate of drug-likeness (QED) is 0.678. The summed E-state index contributed by atoms with van der Waals surface area (Å²) in [4.78, 5) is 12.0. The monoisotopic (exact) mass is 327 g/mol. The average molecular weight is 327 g/mol. The second-order valence-electron chi connectivity index (χ2n) is 5.91. The van der Waals surface area contributed by atoms with E-state index in [2.05, 4.69) is 5.10 Å². The molecular formula is C15H16F3N3O2. The number of nitrogen functional groups attached to an aromatic ring is 1. The Balaban J connectivity index is 2.54. The van der Waals surface area contributed by atoms with E-state index in [1.54, 1.807) is 20.8 Å². The summed E-state index contributed by atoms with van der Waals surface area (Å²) in [5.41, 5.74) is 3.34. The molecule has 2 aromatic rings. The summed E-state index contributed by atoms with van der Waals surface area (Å²) in [6, 6.07) is 5.67. The fourth-order valence-corrected chi connectivity index (χ4v) is 1.91. The van der Waals surface area contributed by atoms with Crippen molar-refractivity contribution in [2.75, 3.05) is 5.73 Å². The van der Waals surface area contributed by atoms with Crippen LogP contribution in [0.3, 0.4) is 0 Å². The number of esters is 1. The standard InChI is InChI=1S/C15H16F3N3O2/c1-14(2,3)23-13(22)11-8-20-21(12(11)15(16,17)18)10-6-4-9(19)5-7-10/h4-8H,19H2,1-3H3. The van der Waals surface area contributed by atoms with Crippen LogP contribution in [-0.2, 0) is 10.9 Å². The van der Waals surface area contributed by atoms with Crippen LogP contribution in [0, 0.1) is 0 Å². The zero-order valence-corrected chi connectivity index (χ0v) is 12.8. The highest BCUT2D eigenvalue weighted by Crippen LogP contribution is 2.34. The molecular weight excluding hydrogens is 311 g/mol. The van der Waals surface area contributed by atoms with E-state index < -0.39 is 29.0 Å². The molecule has 0 atom stereocenters. The van der Waals surface area contributed by atoms with Crippen molar-refractivity contribution in [1.82, 2.24) is 9.78 Å². The van der Waals surface area contributed by atoms with E-state index in [0.717, 1.165) is 6.20 Å². The highest BCUT2D eigenvalue weighted by molar-refractivity contribution is 5.91. The molecule has 0 aliphatic carbocycles. The van der Waals surface area contributed by atoms with Gasteiger partial charge in [-0.25, -0.2) is 9.48 Å². The highest BCUT2D eigenvalue weighted by Gasteiger charge is 2.41. The molecule has 1 aromatic carbocycles. The number of alkyl halides is 3. The first-order valence-corrected chi connectivity index (χ1v) is 6.73. The van der Waals surface area contributed by atoms with Gasteiger partial charge in [-0.2, -0.15) is 18.3 Å². The van der Waals surface area contributed by atoms with Crippen LogP contribution < -0.4 is 5.73 Å². The summed E-state index contributed by atoms with van der Waals surface area (Å²) in [6.45, 7) is 4.72. The van der Waals surface area contributed by atoms with Gasteiger partial charge in [0.25, 0.3) is 0 Å². The molecule has 8 heteroatoms. The molecule has 0 amide bonds. The molecule has 1 heterocycles. The Morgan fingerprint density at radius 3 is 2.22 bits per heavy atom. The first-order chi connectivity index (χ1) is 10.5. The highest BCUT2D eigenvalue weighted by atomic mass is 19.4. The lowest BCUT2D eigenvalue weighted by Crippen LogP contribution is -2.26. The summed E-state index contributed by atoms with van der Waals surface area (Å²) in [5, 5.41) is 3.69. The minimum atomic E-state index is -4.77. The predicted molar refractivity (Wildman–Crippen MR) is 78.1 cm³/mol. The van der Waals surface area contributed by atoms with E-state index in [9.17, 15) is 18.0 Å². The topological polar surface area (TPSA) is 70.1 Å². The summed E-state index contributed by atoms with van der Waals surface area (Å²) in [5.74, 6) is -1.08. The Hall–Kier alpha value is -2.51. The third-order valence-electron chi connectivity index (χ3n) is 2.79. The molecule has 124 valence electrons. The third-order valence-corrected chi connectivity index (χ3v) is 2.79. The normalized spacial score (nSPS) is 12.3. The summed E-state index contributed by atoms with van der Waals surface area (Å²) >= 11 is 0. The van der Waals surface area contributed by atoms with Gasteiger partial charge < -0.3 is 10.5 Å². The zero-order chi connectivity index (χ0) is 17.4. The van der Waals surface area contributed by atoms with Crippen LogP contribution in [0.5, 0.6) is 0 Å². The Morgan fingerprint density at radius 2 is 1.74 bits per heavy atom. The molecule has 0 bridgehead atoms. The third kappa shape index (κ3) is 3.82. The van der Waals surface area contributed by atoms with Crippen molar-refractivity contribution in [2.45, 2.75) is 32.5 Å². The number of ether oxygens (including phenoxy) is 1. The second-order valence-corrected chi connectivity index (χ2v) is 5.91. The van der Waals surface area contributed by atoms with Gasteiger partial charge >= 0.3 is 12.1 Å². The van der Waals surface area contributed by atoms with Gasteiger partial charge in [0.15, 0.2) is 5.69 Å². The van der Waals surface area contributed by atoms with Gasteiger partial charge in [0.05, 0.1) is 11.9 Å². The van der Waals surface area contributed by atoms with Crippen molar-refractivity contribution in [3.63, 3.8) is 0 Å². The first kappa shape index (κ1) is 16.9. The maximum atomic E-state index is 13.4. The van der Waals surface area contributed by atoms with Crippen LogP contribution in [0.4, 0.5) is 18.9 Å². The number of nitrogens with zero attached hydrogens (tertiary/aromatic N) is 2. The van der Waals surface area contributed by atoms with E-state index >= 15 is 0 Å². The minimum Gasteiger partial charge on any atom is -0.456 e. The number of hydrogen-bond acceptors (Lipinski definition) is 4. The summed E-state index contributed by atoms with van der Waals surface area (Å²) < 4.78 is 45.9. The van der Waals surface area contributed by atoms with Crippen LogP contribution >= 0.6 is 0 Å². The number of anilines is 1. The molecule has 0 aliphatic heterocycles. The van der Waals surface area contributed by atoms with Crippen LogP contribution in [0.1, 0.15) is 36.8 Å². The maximum absolute atomic E-state index is 13.4. The van der Waals surface area contributed by atoms with E-state index in [-0.39, 0.29) is 5.69 Å². The van der Waals surface area contributed by atoms with Crippen LogP contribution in [0.15, 0.2) is 30.5 Å². The van der Waals surface area contributed by atoms with Gasteiger partial charge in [-0.05, 0) is 45.0 Å². The van der Waals surface area contributed by atoms with E-state index in [0.29, 0.717) is 10.4 Å². The van der Waals surface area contributed by atoms with Gasteiger partial charge in [0.1, 0.15) is 11.2 Å². The number of carbonyl (C=O) groups is 1. The van der Waals surface area contributed by atoms with Crippen molar-refractivity contribution >= 4 is 11.7 Å². The Kier molecular flexibility index (Phi) is 4.10. The lowest BCUT2D eigenvalue weighted by atomic mass is 10.1. The Bertz CT molecular complexity index is 713. The number of carbonyl (C=O) groups excluding carboxylic acids is 1. The first-order valence-electron chi connectivity index (χ1n) is 6.73. The molecule has 2 rings (SSSR count). The van der Waals surface area contributed by atoms with E-state index in [1.807, 2.05) is 0 Å². The van der Waals surface area contributed by atoms with Crippen LogP contribution in [0.25, 0.3) is 5.69 Å². The Labute approximate surface area is 130 Å². The van der Waals surface area contributed by atoms with Gasteiger partial charge in [0, 0.05) is 5.69 Å². The average Bonchev–Trinajstić information content (AvgIpc) is 2.82. The summed E-state index contributed by atoms with van der Waals surface area (Å²) in [7, 11) is 0. The molecule has 1 aromatic heterocycles. The molecule has 0 unspecified atom stereocenters. The molecule has 0 saturated carbocycles. The number of aromatic nitrogens is 2. The fraction of sp³-hybridized carbons (Fsp3) is 0.333. The van der Waals surface area contributed by atoms with E-state index in [1.165, 1.54) is 24.3 Å². The molecule has 5 nitrogen and oxygen atoms in total. The van der Waals surface area contributed by atoms with Crippen molar-refractivity contribution in [1.29, 1.82) is 0 Å². The van der Waals surface area contributed by atoms with E-state index in [4.69, 9.17) is 10.5 Å². The largest absolute Gasteiger partial charge is 0.456 e. The van der Waals surface area contributed by atoms with Crippen molar-refractivity contribution < 1.29 is 22.7 Å². The van der Waals surface area contributed by atoms with Crippen molar-refractivity contribution in [3.05, 3.63) is 41.7 Å². The minimum absolute atomic E-state index is 0.140. The molecule has 0 spiro atoms. The molecule has 0 radical (unpaired) electrons. The lowest BCUT2D eigenvalue weighted by Gasteiger charge is -2.20. The van der Waals surface area contributed by atoms with Gasteiger partial charge in [0.2, 0.25) is 0 Å². The predicted octanol–water partition coefficient (Wildman–Crippen LogP) is 3.43. The van der Waals surface area contributed by atoms with Gasteiger partial charge in [-0.15, -0.1) is 0 Å². The van der Waals surface area contributed by atoms with Crippen LogP contribution in [0.2, 0.25) is 0 Å².